The molecule has 10 heteroatoms. The van der Waals surface area contributed by atoms with Gasteiger partial charge >= 0.3 is 17.9 Å². The molecule has 0 amide bonds. The minimum atomic E-state index is -1.14. The van der Waals surface area contributed by atoms with Gasteiger partial charge in [0.2, 0.25) is 0 Å². The topological polar surface area (TPSA) is 132 Å². The van der Waals surface area contributed by atoms with Gasteiger partial charge in [-0.2, -0.15) is 0 Å². The molecule has 0 aromatic heterocycles. The van der Waals surface area contributed by atoms with E-state index in [2.05, 4.69) is 0 Å². The lowest BCUT2D eigenvalue weighted by Crippen LogP contribution is -2.55. The number of carbonyl (C=O) groups excluding carboxylic acids is 5. The van der Waals surface area contributed by atoms with Crippen LogP contribution in [0.3, 0.4) is 0 Å². The molecule has 0 N–H and O–H groups in total. The molecule has 0 saturated carbocycles. The van der Waals surface area contributed by atoms with E-state index >= 15 is 0 Å². The number of ether oxygens (including phenoxy) is 5. The van der Waals surface area contributed by atoms with Crippen LogP contribution >= 0.6 is 0 Å². The highest BCUT2D eigenvalue weighted by Crippen LogP contribution is 2.46. The lowest BCUT2D eigenvalue weighted by molar-refractivity contribution is -0.188. The molecule has 10 nitrogen and oxygen atoms in total. The Morgan fingerprint density at radius 3 is 1.79 bits per heavy atom. The molecule has 0 fully saturated rings. The average molecular weight is 677 g/mol. The summed E-state index contributed by atoms with van der Waals surface area (Å²) in [5.41, 5.74) is -1.28. The highest BCUT2D eigenvalue weighted by Gasteiger charge is 2.53. The maximum absolute atomic E-state index is 13.8. The maximum atomic E-state index is 13.8. The van der Waals surface area contributed by atoms with Gasteiger partial charge in [0.25, 0.3) is 0 Å². The second-order valence-electron chi connectivity index (χ2n) is 12.2. The number of rotatable bonds is 26. The zero-order valence-electron chi connectivity index (χ0n) is 30.6. The van der Waals surface area contributed by atoms with Gasteiger partial charge in [0.1, 0.15) is 19.8 Å². The van der Waals surface area contributed by atoms with Gasteiger partial charge in [0.05, 0.1) is 17.1 Å². The Labute approximate surface area is 287 Å². The summed E-state index contributed by atoms with van der Waals surface area (Å²) in [4.78, 5) is 65.4. The molecule has 0 bridgehead atoms. The van der Waals surface area contributed by atoms with E-state index in [1.807, 2.05) is 85.7 Å². The zero-order chi connectivity index (χ0) is 36.2. The van der Waals surface area contributed by atoms with Gasteiger partial charge in [-0.25, -0.2) is 9.59 Å². The maximum Gasteiger partial charge on any atom is 0.332 e. The van der Waals surface area contributed by atoms with E-state index in [1.165, 1.54) is 0 Å². The van der Waals surface area contributed by atoms with E-state index in [0.717, 1.165) is 18.4 Å². The van der Waals surface area contributed by atoms with Crippen molar-refractivity contribution in [1.29, 1.82) is 0 Å². The monoisotopic (exact) mass is 676 g/mol. The van der Waals surface area contributed by atoms with Crippen molar-refractivity contribution in [3.05, 3.63) is 35.9 Å². The Balaban J connectivity index is 3.02. The van der Waals surface area contributed by atoms with Crippen LogP contribution in [0, 0.1) is 11.3 Å². The summed E-state index contributed by atoms with van der Waals surface area (Å²) in [6.07, 6.45) is 2.94. The molecule has 0 heterocycles. The molecular weight excluding hydrogens is 616 g/mol. The largest absolute Gasteiger partial charge is 0.461 e. The third kappa shape index (κ3) is 12.4. The third-order valence-corrected chi connectivity index (χ3v) is 9.77. The predicted molar refractivity (Wildman–Crippen MR) is 183 cm³/mol. The number of esters is 3. The smallest absolute Gasteiger partial charge is 0.332 e. The van der Waals surface area contributed by atoms with Crippen LogP contribution in [-0.2, 0) is 54.3 Å². The van der Waals surface area contributed by atoms with Gasteiger partial charge in [-0.3, -0.25) is 14.4 Å². The van der Waals surface area contributed by atoms with Crippen LogP contribution in [0.5, 0.6) is 0 Å². The summed E-state index contributed by atoms with van der Waals surface area (Å²) in [6.45, 7) is 14.2. The lowest BCUT2D eigenvalue weighted by atomic mass is 9.63. The minimum Gasteiger partial charge on any atom is -0.461 e. The summed E-state index contributed by atoms with van der Waals surface area (Å²) in [7, 11) is 0. The van der Waals surface area contributed by atoms with E-state index in [1.54, 1.807) is 0 Å². The van der Waals surface area contributed by atoms with Crippen molar-refractivity contribution >= 4 is 29.5 Å². The fraction of sp³-hybridized carbons (Fsp3) is 0.711. The molecule has 1 atom stereocenters. The first-order valence-corrected chi connectivity index (χ1v) is 17.8. The summed E-state index contributed by atoms with van der Waals surface area (Å²) in [5, 5.41) is 0. The van der Waals surface area contributed by atoms with E-state index in [-0.39, 0.29) is 49.6 Å². The predicted octanol–water partition coefficient (Wildman–Crippen LogP) is 7.13. The Morgan fingerprint density at radius 1 is 0.667 bits per heavy atom. The third-order valence-electron chi connectivity index (χ3n) is 9.77. The second-order valence-corrected chi connectivity index (χ2v) is 12.2. The average Bonchev–Trinajstić information content (AvgIpc) is 3.11. The summed E-state index contributed by atoms with van der Waals surface area (Å²) in [6, 6.07) is 9.26. The van der Waals surface area contributed by atoms with Gasteiger partial charge in [-0.1, -0.05) is 85.7 Å². The molecule has 48 heavy (non-hydrogen) atoms. The highest BCUT2D eigenvalue weighted by molar-refractivity contribution is 5.89. The van der Waals surface area contributed by atoms with Crippen molar-refractivity contribution in [3.8, 4) is 0 Å². The van der Waals surface area contributed by atoms with Crippen molar-refractivity contribution in [1.82, 2.24) is 0 Å². The fourth-order valence-corrected chi connectivity index (χ4v) is 6.51. The van der Waals surface area contributed by atoms with Crippen LogP contribution in [0.2, 0.25) is 0 Å². The fourth-order valence-electron chi connectivity index (χ4n) is 6.51. The summed E-state index contributed by atoms with van der Waals surface area (Å²) in [5.74, 6) is -2.75. The Morgan fingerprint density at radius 2 is 1.27 bits per heavy atom. The Kier molecular flexibility index (Phi) is 20.1. The van der Waals surface area contributed by atoms with E-state index in [9.17, 15) is 24.0 Å². The Bertz CT molecular complexity index is 1120. The van der Waals surface area contributed by atoms with Crippen LogP contribution in [-0.4, -0.2) is 67.1 Å². The SMILES string of the molecule is CCC(CC)OCC(=O)OCC(=O)C(CC)(CC)C(CC)(CC)OCC(=O)OC(CCC(=O)OCc1ccccc1)C(=O)C(CC)CC. The van der Waals surface area contributed by atoms with E-state index < -0.39 is 48.2 Å². The van der Waals surface area contributed by atoms with Crippen molar-refractivity contribution in [3.63, 3.8) is 0 Å². The number of carbonyl (C=O) groups is 5. The van der Waals surface area contributed by atoms with Crippen LogP contribution in [0.1, 0.15) is 125 Å². The summed E-state index contributed by atoms with van der Waals surface area (Å²) < 4.78 is 28.3. The first-order chi connectivity index (χ1) is 23.0. The number of Topliss-reactive ketones (excluding diaryl/α,β-unsaturated/α-hetero) is 2. The number of hydrogen-bond donors (Lipinski definition) is 0. The molecule has 1 unspecified atom stereocenters. The van der Waals surface area contributed by atoms with Gasteiger partial charge in [0, 0.05) is 18.8 Å². The molecule has 0 aliphatic carbocycles. The molecule has 0 saturated heterocycles. The normalized spacial score (nSPS) is 12.5. The van der Waals surface area contributed by atoms with Gasteiger partial charge < -0.3 is 23.7 Å². The van der Waals surface area contributed by atoms with Gasteiger partial charge in [-0.15, -0.1) is 0 Å². The first-order valence-electron chi connectivity index (χ1n) is 17.8. The van der Waals surface area contributed by atoms with Gasteiger partial charge in [0.15, 0.2) is 24.3 Å². The quantitative estimate of drug-likeness (QED) is 0.0738. The van der Waals surface area contributed by atoms with Crippen molar-refractivity contribution in [2.24, 2.45) is 11.3 Å². The van der Waals surface area contributed by atoms with Crippen LogP contribution < -0.4 is 0 Å². The molecular formula is C38H60O10. The van der Waals surface area contributed by atoms with E-state index in [0.29, 0.717) is 38.5 Å². The highest BCUT2D eigenvalue weighted by atomic mass is 16.6. The number of ketones is 2. The van der Waals surface area contributed by atoms with Crippen LogP contribution in [0.4, 0.5) is 0 Å². The minimum absolute atomic E-state index is 0.0138. The van der Waals surface area contributed by atoms with Gasteiger partial charge in [-0.05, 0) is 56.9 Å². The van der Waals surface area contributed by atoms with Crippen molar-refractivity contribution in [2.75, 3.05) is 19.8 Å². The lowest BCUT2D eigenvalue weighted by Gasteiger charge is -2.48. The van der Waals surface area contributed by atoms with Crippen molar-refractivity contribution < 1.29 is 47.7 Å². The molecule has 272 valence electrons. The Hall–Kier alpha value is -3.11. The molecule has 1 aromatic carbocycles. The number of benzene rings is 1. The molecule has 1 rings (SSSR count). The standard InChI is InChI=1S/C38H60O10/c1-9-29(10-2)36(43)31(22-23-33(40)45-24-28-20-18-17-19-21-28)48-35(42)27-47-38(15-7,16-8)37(13-5,14-6)32(39)25-46-34(41)26-44-30(11-3)12-4/h17-21,29-31H,9-16,22-27H2,1-8H3. The first kappa shape index (κ1) is 42.9. The summed E-state index contributed by atoms with van der Waals surface area (Å²) >= 11 is 0. The zero-order valence-corrected chi connectivity index (χ0v) is 30.6. The molecule has 0 radical (unpaired) electrons. The molecule has 0 aliphatic rings. The second kappa shape index (κ2) is 22.5. The molecule has 0 aliphatic heterocycles. The number of hydrogen-bond acceptors (Lipinski definition) is 10. The molecule has 1 aromatic rings. The van der Waals surface area contributed by atoms with Crippen molar-refractivity contribution in [2.45, 2.75) is 144 Å². The molecule has 0 spiro atoms. The van der Waals surface area contributed by atoms with Crippen LogP contribution in [0.25, 0.3) is 0 Å². The van der Waals surface area contributed by atoms with E-state index in [4.69, 9.17) is 23.7 Å². The van der Waals surface area contributed by atoms with Crippen LogP contribution in [0.15, 0.2) is 30.3 Å².